The largest absolute Gasteiger partial charge is 0.484 e. The van der Waals surface area contributed by atoms with Crippen molar-refractivity contribution in [2.24, 2.45) is 0 Å². The molecule has 0 amide bonds. The van der Waals surface area contributed by atoms with Gasteiger partial charge in [0.15, 0.2) is 12.4 Å². The number of hydrogen-bond donors (Lipinski definition) is 0. The molecule has 2 nitrogen and oxygen atoms in total. The summed E-state index contributed by atoms with van der Waals surface area (Å²) in [6, 6.07) is 2.68. The molecule has 17 heavy (non-hydrogen) atoms. The van der Waals surface area contributed by atoms with Gasteiger partial charge in [0.2, 0.25) is 0 Å². The van der Waals surface area contributed by atoms with Gasteiger partial charge in [0.1, 0.15) is 8.30 Å². The van der Waals surface area contributed by atoms with E-state index < -0.39 is 18.7 Å². The van der Waals surface area contributed by atoms with Gasteiger partial charge in [-0.1, -0.05) is 0 Å². The van der Waals surface area contributed by atoms with E-state index >= 15 is 0 Å². The molecule has 0 aromatic carbocycles. The van der Waals surface area contributed by atoms with Crippen LogP contribution in [0.4, 0.5) is 22.0 Å². The maximum absolute atomic E-state index is 12.5. The second kappa shape index (κ2) is 5.21. The van der Waals surface area contributed by atoms with E-state index in [-0.39, 0.29) is 10.4 Å². The first kappa shape index (κ1) is 14.9. The summed E-state index contributed by atoms with van der Waals surface area (Å²) in [4.78, 5) is 3.79. The summed E-state index contributed by atoms with van der Waals surface area (Å²) >= 11 is 4.75. The molecule has 0 fully saturated rings. The first-order chi connectivity index (χ1) is 7.63. The van der Waals surface area contributed by atoms with Gasteiger partial charge in [-0.25, -0.2) is 4.98 Å². The Morgan fingerprint density at radius 2 is 1.82 bits per heavy atom. The van der Waals surface area contributed by atoms with Crippen LogP contribution in [-0.2, 0) is 0 Å². The van der Waals surface area contributed by atoms with Crippen LogP contribution in [0.25, 0.3) is 0 Å². The zero-order valence-corrected chi connectivity index (χ0v) is 11.6. The Morgan fingerprint density at radius 3 is 2.29 bits per heavy atom. The molecule has 0 unspecified atom stereocenters. The molecule has 0 bridgehead atoms. The highest BCUT2D eigenvalue weighted by atomic mass is 127. The topological polar surface area (TPSA) is 22.1 Å². The molecule has 1 aromatic rings. The summed E-state index contributed by atoms with van der Waals surface area (Å²) in [5.74, 6) is -5.07. The molecular weight excluding hydrogens is 428 g/mol. The summed E-state index contributed by atoms with van der Waals surface area (Å²) < 4.78 is 65.6. The molecule has 1 rings (SSSR count). The first-order valence-corrected chi connectivity index (χ1v) is 5.90. The first-order valence-electron chi connectivity index (χ1n) is 4.03. The number of pyridine rings is 1. The lowest BCUT2D eigenvalue weighted by atomic mass is 10.3. The minimum atomic E-state index is -5.63. The highest BCUT2D eigenvalue weighted by Gasteiger charge is 2.58. The molecule has 96 valence electrons. The van der Waals surface area contributed by atoms with Gasteiger partial charge in [-0.3, -0.25) is 0 Å². The number of hydrogen-bond acceptors (Lipinski definition) is 2. The molecule has 0 aliphatic heterocycles. The Morgan fingerprint density at radius 1 is 1.24 bits per heavy atom. The van der Waals surface area contributed by atoms with Crippen LogP contribution in [0.2, 0.25) is 0 Å². The number of halogens is 7. The lowest BCUT2D eigenvalue weighted by molar-refractivity contribution is -0.290. The van der Waals surface area contributed by atoms with Crippen molar-refractivity contribution in [2.75, 3.05) is 6.61 Å². The van der Waals surface area contributed by atoms with Crippen LogP contribution < -0.4 is 4.74 Å². The maximum atomic E-state index is 12.5. The van der Waals surface area contributed by atoms with Crippen LogP contribution in [-0.4, -0.2) is 23.7 Å². The van der Waals surface area contributed by atoms with E-state index in [0.717, 1.165) is 0 Å². The zero-order chi connectivity index (χ0) is 13.3. The highest BCUT2D eigenvalue weighted by Crippen LogP contribution is 2.36. The normalized spacial score (nSPS) is 12.6. The van der Waals surface area contributed by atoms with Crippen LogP contribution in [0.1, 0.15) is 0 Å². The SMILES string of the molecule is FC(F)(F)C(F)(F)COc1ccc(I)nc1Br. The molecule has 9 heteroatoms. The van der Waals surface area contributed by atoms with Crippen molar-refractivity contribution < 1.29 is 26.7 Å². The van der Waals surface area contributed by atoms with Crippen LogP contribution in [0.5, 0.6) is 5.75 Å². The minimum absolute atomic E-state index is 0.0716. The Balaban J connectivity index is 2.74. The summed E-state index contributed by atoms with van der Waals surface area (Å²) in [6.45, 7) is -1.78. The van der Waals surface area contributed by atoms with E-state index in [1.807, 2.05) is 22.6 Å². The van der Waals surface area contributed by atoms with Gasteiger partial charge >= 0.3 is 12.1 Å². The monoisotopic (exact) mass is 431 g/mol. The van der Waals surface area contributed by atoms with Gasteiger partial charge in [-0.05, 0) is 50.7 Å². The number of nitrogens with zero attached hydrogens (tertiary/aromatic N) is 1. The Hall–Kier alpha value is -0.190. The molecule has 0 aliphatic carbocycles. The molecule has 0 saturated heterocycles. The molecule has 0 N–H and O–H groups in total. The van der Waals surface area contributed by atoms with E-state index in [1.54, 1.807) is 0 Å². The number of aromatic nitrogens is 1. The number of ether oxygens (including phenoxy) is 1. The van der Waals surface area contributed by atoms with E-state index in [1.165, 1.54) is 12.1 Å². The summed E-state index contributed by atoms with van der Waals surface area (Å²) in [5, 5.41) is 0. The average Bonchev–Trinajstić information content (AvgIpc) is 2.14. The lowest BCUT2D eigenvalue weighted by Gasteiger charge is -2.19. The van der Waals surface area contributed by atoms with Gasteiger partial charge in [-0.15, -0.1) is 0 Å². The number of rotatable bonds is 3. The van der Waals surface area contributed by atoms with E-state index in [2.05, 4.69) is 25.7 Å². The standard InChI is InChI=1S/C8H4BrF5INO/c9-6-4(1-2-5(15)16-6)17-3-7(10,11)8(12,13)14/h1-2H,3H2. The predicted octanol–water partition coefficient (Wildman–Crippen LogP) is 4.03. The summed E-state index contributed by atoms with van der Waals surface area (Å²) in [7, 11) is 0. The van der Waals surface area contributed by atoms with Crippen molar-refractivity contribution in [3.8, 4) is 5.75 Å². The Bertz CT molecular complexity index is 411. The third-order valence-electron chi connectivity index (χ3n) is 1.60. The molecule has 0 saturated carbocycles. The summed E-state index contributed by atoms with van der Waals surface area (Å²) in [6.07, 6.45) is -5.63. The van der Waals surface area contributed by atoms with Crippen molar-refractivity contribution in [3.63, 3.8) is 0 Å². The fourth-order valence-corrected chi connectivity index (χ4v) is 1.95. The minimum Gasteiger partial charge on any atom is -0.484 e. The lowest BCUT2D eigenvalue weighted by Crippen LogP contribution is -2.41. The average molecular weight is 432 g/mol. The van der Waals surface area contributed by atoms with Gasteiger partial charge in [0.25, 0.3) is 0 Å². The molecule has 0 atom stereocenters. The second-order valence-electron chi connectivity index (χ2n) is 2.91. The van der Waals surface area contributed by atoms with Gasteiger partial charge < -0.3 is 4.74 Å². The third-order valence-corrected chi connectivity index (χ3v) is 2.77. The van der Waals surface area contributed by atoms with Gasteiger partial charge in [0.05, 0.1) is 0 Å². The molecule has 0 spiro atoms. The van der Waals surface area contributed by atoms with Crippen LogP contribution >= 0.6 is 38.5 Å². The predicted molar refractivity (Wildman–Crippen MR) is 61.2 cm³/mol. The quantitative estimate of drug-likeness (QED) is 0.409. The fraction of sp³-hybridized carbons (Fsp3) is 0.375. The van der Waals surface area contributed by atoms with Gasteiger partial charge in [-0.2, -0.15) is 22.0 Å². The third kappa shape index (κ3) is 3.90. The molecule has 0 radical (unpaired) electrons. The smallest absolute Gasteiger partial charge is 0.456 e. The second-order valence-corrected chi connectivity index (χ2v) is 4.77. The summed E-state index contributed by atoms with van der Waals surface area (Å²) in [5.41, 5.74) is 0. The molecule has 0 aliphatic rings. The van der Waals surface area contributed by atoms with Crippen LogP contribution in [0, 0.1) is 3.70 Å². The fourth-order valence-electron chi connectivity index (χ4n) is 0.757. The zero-order valence-electron chi connectivity index (χ0n) is 7.86. The van der Waals surface area contributed by atoms with Crippen molar-refractivity contribution in [1.29, 1.82) is 0 Å². The maximum Gasteiger partial charge on any atom is 0.456 e. The van der Waals surface area contributed by atoms with Crippen molar-refractivity contribution in [3.05, 3.63) is 20.4 Å². The van der Waals surface area contributed by atoms with Crippen molar-refractivity contribution >= 4 is 38.5 Å². The molecular formula is C8H4BrF5INO. The highest BCUT2D eigenvalue weighted by molar-refractivity contribution is 14.1. The Labute approximate surface area is 115 Å². The Kier molecular flexibility index (Phi) is 4.55. The number of alkyl halides is 5. The molecule has 1 aromatic heterocycles. The van der Waals surface area contributed by atoms with E-state index in [4.69, 9.17) is 0 Å². The van der Waals surface area contributed by atoms with Gasteiger partial charge in [0, 0.05) is 0 Å². The van der Waals surface area contributed by atoms with E-state index in [0.29, 0.717) is 3.70 Å². The van der Waals surface area contributed by atoms with Crippen molar-refractivity contribution in [2.45, 2.75) is 12.1 Å². The van der Waals surface area contributed by atoms with Crippen LogP contribution in [0.3, 0.4) is 0 Å². The molecule has 1 heterocycles. The van der Waals surface area contributed by atoms with Crippen LogP contribution in [0.15, 0.2) is 16.7 Å². The van der Waals surface area contributed by atoms with Crippen molar-refractivity contribution in [1.82, 2.24) is 4.98 Å². The van der Waals surface area contributed by atoms with E-state index in [9.17, 15) is 22.0 Å².